The maximum Gasteiger partial charge on any atom is 0.143 e. The molecule has 0 saturated heterocycles. The van der Waals surface area contributed by atoms with Crippen molar-refractivity contribution in [2.24, 2.45) is 0 Å². The van der Waals surface area contributed by atoms with Gasteiger partial charge in [-0.15, -0.1) is 48.1 Å². The molecule has 0 bridgehead atoms. The topological polar surface area (TPSA) is 37.4 Å². The molecule has 0 radical (unpaired) electrons. The van der Waals surface area contributed by atoms with Crippen LogP contribution in [0, 0.1) is 18.8 Å². The molecule has 5 heterocycles. The minimum Gasteiger partial charge on any atom is -0.509 e. The first kappa shape index (κ1) is 31.9. The van der Waals surface area contributed by atoms with Crippen molar-refractivity contribution < 1.29 is 25.8 Å². The Labute approximate surface area is 330 Å². The number of ether oxygens (including phenoxy) is 1. The zero-order valence-electron chi connectivity index (χ0n) is 29.1. The SMILES string of the molecule is [Pt].[c-]1c(Oc2[c-]c3c(cc2)c2cccc4c2n3c2ncccc2c2cccc3c5ccccc5n4c32)cccc1N1[CH-]N(c2ccccc2)c2ccccc21. The minimum atomic E-state index is 0. The number of hydrogen-bond donors (Lipinski definition) is 0. The van der Waals surface area contributed by atoms with Gasteiger partial charge in [0.05, 0.1) is 22.1 Å². The molecule has 12 rings (SSSR count). The fraction of sp³-hybridized carbons (Fsp3) is 0. The zero-order chi connectivity index (χ0) is 35.3. The molecule has 0 fully saturated rings. The molecule has 4 aromatic heterocycles. The molecule has 0 saturated carbocycles. The van der Waals surface area contributed by atoms with Gasteiger partial charge in [0.15, 0.2) is 0 Å². The Morgan fingerprint density at radius 2 is 1.13 bits per heavy atom. The van der Waals surface area contributed by atoms with E-state index in [9.17, 15) is 0 Å². The second-order valence-corrected chi connectivity index (χ2v) is 13.7. The van der Waals surface area contributed by atoms with Gasteiger partial charge >= 0.3 is 0 Å². The van der Waals surface area contributed by atoms with Gasteiger partial charge < -0.3 is 23.3 Å². The van der Waals surface area contributed by atoms with E-state index in [1.165, 1.54) is 21.8 Å². The first-order chi connectivity index (χ1) is 26.8. The van der Waals surface area contributed by atoms with Crippen molar-refractivity contribution in [3.63, 3.8) is 0 Å². The summed E-state index contributed by atoms with van der Waals surface area (Å²) in [5, 5.41) is 6.87. The van der Waals surface area contributed by atoms with Crippen LogP contribution in [0.5, 0.6) is 11.5 Å². The molecule has 55 heavy (non-hydrogen) atoms. The van der Waals surface area contributed by atoms with Gasteiger partial charge in [-0.05, 0) is 53.9 Å². The second-order valence-electron chi connectivity index (χ2n) is 13.7. The van der Waals surface area contributed by atoms with Crippen LogP contribution in [0.2, 0.25) is 0 Å². The van der Waals surface area contributed by atoms with E-state index >= 15 is 0 Å². The molecule has 7 heteroatoms. The number of anilines is 4. The molecule has 0 spiro atoms. The van der Waals surface area contributed by atoms with Gasteiger partial charge in [0.25, 0.3) is 0 Å². The summed E-state index contributed by atoms with van der Waals surface area (Å²) in [5.74, 6) is 1.20. The molecule has 0 unspecified atom stereocenters. The molecule has 11 aromatic rings. The third-order valence-corrected chi connectivity index (χ3v) is 10.8. The maximum absolute atomic E-state index is 6.62. The molecule has 264 valence electrons. The Bertz CT molecular complexity index is 3320. The summed E-state index contributed by atoms with van der Waals surface area (Å²) < 4.78 is 11.3. The van der Waals surface area contributed by atoms with E-state index in [1.807, 2.05) is 36.5 Å². The van der Waals surface area contributed by atoms with E-state index in [0.717, 1.165) is 66.5 Å². The van der Waals surface area contributed by atoms with E-state index in [4.69, 9.17) is 9.72 Å². The summed E-state index contributed by atoms with van der Waals surface area (Å²) in [6.07, 6.45) is 1.88. The summed E-state index contributed by atoms with van der Waals surface area (Å²) in [6.45, 7) is 2.11. The first-order valence-corrected chi connectivity index (χ1v) is 18.1. The molecule has 0 amide bonds. The van der Waals surface area contributed by atoms with E-state index in [1.54, 1.807) is 0 Å². The van der Waals surface area contributed by atoms with Crippen molar-refractivity contribution in [2.45, 2.75) is 0 Å². The molecule has 6 nitrogen and oxygen atoms in total. The molecule has 0 N–H and O–H groups in total. The number of pyridine rings is 1. The molecule has 1 aliphatic rings. The van der Waals surface area contributed by atoms with Crippen LogP contribution in [-0.2, 0) is 21.1 Å². The van der Waals surface area contributed by atoms with Gasteiger partial charge in [0.1, 0.15) is 5.65 Å². The largest absolute Gasteiger partial charge is 0.509 e. The molecule has 7 aromatic carbocycles. The number of aromatic nitrogens is 3. The fourth-order valence-corrected chi connectivity index (χ4v) is 8.53. The van der Waals surface area contributed by atoms with Crippen molar-refractivity contribution in [1.82, 2.24) is 13.8 Å². The van der Waals surface area contributed by atoms with Gasteiger partial charge in [0.2, 0.25) is 0 Å². The van der Waals surface area contributed by atoms with Crippen molar-refractivity contribution >= 4 is 88.3 Å². The Morgan fingerprint density at radius 3 is 2.00 bits per heavy atom. The van der Waals surface area contributed by atoms with Gasteiger partial charge in [-0.1, -0.05) is 84.4 Å². The van der Waals surface area contributed by atoms with Gasteiger partial charge in [-0.2, -0.15) is 12.1 Å². The number of hydrogen-bond acceptors (Lipinski definition) is 4. The van der Waals surface area contributed by atoms with Crippen LogP contribution in [0.1, 0.15) is 0 Å². The Balaban J connectivity index is 0.00000352. The standard InChI is InChI=1S/C48H28N5O.Pt/c1-2-12-31(13-3-1)50-30-51(43-23-7-6-22-42(43)50)32-14-8-15-33(28-32)54-34-25-26-36-38-19-10-24-44-47(38)53(45(36)29-34)48-40(20-11-27-49-48)39-18-9-17-37-35-16-4-5-21-41(35)52(44)46(37)39;/h1-27,30H;/q-3;. The molecular formula is C48H28N5OPt-3. The average Bonchev–Trinajstić information content (AvgIpc) is 3.89. The second kappa shape index (κ2) is 12.2. The summed E-state index contributed by atoms with van der Waals surface area (Å²) >= 11 is 0. The zero-order valence-corrected chi connectivity index (χ0v) is 31.4. The van der Waals surface area contributed by atoms with Gasteiger partial charge in [-0.25, -0.2) is 4.98 Å². The van der Waals surface area contributed by atoms with Crippen molar-refractivity contribution in [2.75, 3.05) is 9.80 Å². The summed E-state index contributed by atoms with van der Waals surface area (Å²) in [7, 11) is 0. The first-order valence-electron chi connectivity index (χ1n) is 18.1. The Kier molecular flexibility index (Phi) is 7.07. The van der Waals surface area contributed by atoms with Crippen LogP contribution in [0.15, 0.2) is 164 Å². The summed E-state index contributed by atoms with van der Waals surface area (Å²) in [6, 6.07) is 62.3. The number of rotatable bonds is 4. The third kappa shape index (κ3) is 4.62. The van der Waals surface area contributed by atoms with E-state index in [-0.39, 0.29) is 21.1 Å². The van der Waals surface area contributed by atoms with Crippen LogP contribution in [0.3, 0.4) is 0 Å². The van der Waals surface area contributed by atoms with E-state index < -0.39 is 0 Å². The quantitative estimate of drug-likeness (QED) is 0.165. The molecule has 0 aliphatic carbocycles. The van der Waals surface area contributed by atoms with Crippen molar-refractivity contribution in [3.8, 4) is 11.5 Å². The summed E-state index contributed by atoms with van der Waals surface area (Å²) in [5.41, 5.74) is 10.4. The van der Waals surface area contributed by atoms with Crippen molar-refractivity contribution in [1.29, 1.82) is 0 Å². The predicted molar refractivity (Wildman–Crippen MR) is 219 cm³/mol. The molecule has 0 atom stereocenters. The van der Waals surface area contributed by atoms with E-state index in [0.29, 0.717) is 11.5 Å². The normalized spacial score (nSPS) is 12.8. The number of fused-ring (bicyclic) bond motifs is 11. The minimum absolute atomic E-state index is 0. The van der Waals surface area contributed by atoms with E-state index in [2.05, 4.69) is 165 Å². The predicted octanol–water partition coefficient (Wildman–Crippen LogP) is 12.2. The molecule has 1 aliphatic heterocycles. The average molecular weight is 886 g/mol. The van der Waals surface area contributed by atoms with Crippen molar-refractivity contribution in [3.05, 3.63) is 183 Å². The smallest absolute Gasteiger partial charge is 0.143 e. The number of para-hydroxylation sites is 6. The van der Waals surface area contributed by atoms with Crippen LogP contribution in [0.4, 0.5) is 22.7 Å². The fourth-order valence-electron chi connectivity index (χ4n) is 8.53. The number of benzene rings is 7. The van der Waals surface area contributed by atoms with Gasteiger partial charge in [-0.3, -0.25) is 0 Å². The third-order valence-electron chi connectivity index (χ3n) is 10.8. The monoisotopic (exact) mass is 885 g/mol. The van der Waals surface area contributed by atoms with Crippen LogP contribution < -0.4 is 14.5 Å². The summed E-state index contributed by atoms with van der Waals surface area (Å²) in [4.78, 5) is 9.43. The maximum atomic E-state index is 6.62. The number of nitrogens with zero attached hydrogens (tertiary/aromatic N) is 5. The van der Waals surface area contributed by atoms with Crippen LogP contribution in [0.25, 0.3) is 65.5 Å². The van der Waals surface area contributed by atoms with Crippen LogP contribution in [-0.4, -0.2) is 13.8 Å². The van der Waals surface area contributed by atoms with Crippen LogP contribution >= 0.6 is 0 Å². The molecular weight excluding hydrogens is 858 g/mol. The Morgan fingerprint density at radius 1 is 0.473 bits per heavy atom. The Hall–Kier alpha value is -6.62. The van der Waals surface area contributed by atoms with Gasteiger partial charge in [0, 0.05) is 77.4 Å².